The van der Waals surface area contributed by atoms with E-state index < -0.39 is 0 Å². The van der Waals surface area contributed by atoms with Crippen molar-refractivity contribution in [2.75, 3.05) is 0 Å². The molecule has 0 radical (unpaired) electrons. The van der Waals surface area contributed by atoms with Gasteiger partial charge >= 0.3 is 0 Å². The average Bonchev–Trinajstić information content (AvgIpc) is 2.80. The van der Waals surface area contributed by atoms with Crippen molar-refractivity contribution in [1.82, 2.24) is 5.43 Å². The Morgan fingerprint density at radius 3 is 2.55 bits per heavy atom. The molecule has 2 bridgehead atoms. The molecule has 2 aliphatic carbocycles. The molecule has 22 heavy (non-hydrogen) atoms. The summed E-state index contributed by atoms with van der Waals surface area (Å²) in [6.07, 6.45) is 3.38. The molecule has 2 atom stereocenters. The number of hydrazone groups is 1. The molecule has 2 saturated carbocycles. The van der Waals surface area contributed by atoms with Crippen molar-refractivity contribution < 1.29 is 4.79 Å². The lowest BCUT2D eigenvalue weighted by molar-refractivity contribution is 0.0954. The number of hydrogen-bond acceptors (Lipinski definition) is 2. The minimum atomic E-state index is -0.254. The summed E-state index contributed by atoms with van der Waals surface area (Å²) in [5, 5.41) is 5.25. The highest BCUT2D eigenvalue weighted by atomic mass is 35.5. The molecule has 1 N–H and O–H groups in total. The SMILES string of the molecule is CC1(C)[C@H]2CC[C@@]1(C)/C(=N/NC(=O)c1ccc(Cl)c(Cl)c1)C2. The van der Waals surface area contributed by atoms with Crippen LogP contribution in [0.2, 0.25) is 10.0 Å². The van der Waals surface area contributed by atoms with Gasteiger partial charge in [-0.2, -0.15) is 5.10 Å². The highest BCUT2D eigenvalue weighted by Crippen LogP contribution is 2.63. The Morgan fingerprint density at radius 1 is 1.27 bits per heavy atom. The first-order valence-electron chi connectivity index (χ1n) is 7.58. The highest BCUT2D eigenvalue weighted by Gasteiger charge is 2.59. The third-order valence-corrected chi connectivity index (χ3v) is 6.73. The van der Waals surface area contributed by atoms with Gasteiger partial charge in [0.05, 0.1) is 10.0 Å². The summed E-state index contributed by atoms with van der Waals surface area (Å²) in [5.41, 5.74) is 4.60. The number of halogens is 2. The molecule has 2 aliphatic rings. The molecule has 0 aliphatic heterocycles. The van der Waals surface area contributed by atoms with Gasteiger partial charge in [0.2, 0.25) is 0 Å². The van der Waals surface area contributed by atoms with E-state index >= 15 is 0 Å². The van der Waals surface area contributed by atoms with E-state index in [-0.39, 0.29) is 16.7 Å². The lowest BCUT2D eigenvalue weighted by Gasteiger charge is -2.34. The average molecular weight is 339 g/mol. The van der Waals surface area contributed by atoms with Crippen LogP contribution in [0.5, 0.6) is 0 Å². The smallest absolute Gasteiger partial charge is 0.267 e. The van der Waals surface area contributed by atoms with E-state index in [9.17, 15) is 4.79 Å². The van der Waals surface area contributed by atoms with Crippen molar-refractivity contribution in [2.24, 2.45) is 21.8 Å². The van der Waals surface area contributed by atoms with E-state index in [1.807, 2.05) is 0 Å². The Labute approximate surface area is 141 Å². The van der Waals surface area contributed by atoms with Gasteiger partial charge < -0.3 is 0 Å². The number of fused-ring (bicyclic) bond motifs is 2. The normalized spacial score (nSPS) is 30.8. The highest BCUT2D eigenvalue weighted by molar-refractivity contribution is 6.42. The van der Waals surface area contributed by atoms with Gasteiger partial charge in [-0.15, -0.1) is 0 Å². The maximum absolute atomic E-state index is 12.2. The van der Waals surface area contributed by atoms with Crippen molar-refractivity contribution >= 4 is 34.8 Å². The van der Waals surface area contributed by atoms with Crippen LogP contribution in [0.4, 0.5) is 0 Å². The first-order chi connectivity index (χ1) is 10.3. The van der Waals surface area contributed by atoms with Gasteiger partial charge in [-0.1, -0.05) is 44.0 Å². The van der Waals surface area contributed by atoms with Crippen molar-refractivity contribution in [2.45, 2.75) is 40.0 Å². The second kappa shape index (κ2) is 5.24. The van der Waals surface area contributed by atoms with E-state index in [1.165, 1.54) is 6.42 Å². The van der Waals surface area contributed by atoms with Gasteiger partial charge in [-0.3, -0.25) is 4.79 Å². The predicted molar refractivity (Wildman–Crippen MR) is 90.6 cm³/mol. The van der Waals surface area contributed by atoms with E-state index in [0.29, 0.717) is 21.5 Å². The molecule has 0 spiro atoms. The second-order valence-corrected chi connectivity index (χ2v) is 7.94. The maximum Gasteiger partial charge on any atom is 0.271 e. The van der Waals surface area contributed by atoms with Crippen LogP contribution in [0.1, 0.15) is 50.4 Å². The number of hydrogen-bond donors (Lipinski definition) is 1. The summed E-state index contributed by atoms with van der Waals surface area (Å²) in [4.78, 5) is 12.2. The quantitative estimate of drug-likeness (QED) is 0.763. The van der Waals surface area contributed by atoms with E-state index in [1.54, 1.807) is 18.2 Å². The summed E-state index contributed by atoms with van der Waals surface area (Å²) in [6.45, 7) is 6.89. The Morgan fingerprint density at radius 2 is 2.00 bits per heavy atom. The zero-order valence-electron chi connectivity index (χ0n) is 13.0. The standard InChI is InChI=1S/C17H20Cl2N2O/c1-16(2)11-6-7-17(16,3)14(9-11)20-21-15(22)10-4-5-12(18)13(19)8-10/h4-5,8,11H,6-7,9H2,1-3H3,(H,21,22)/b20-14+/t11-,17-/m0/s1. The number of carbonyl (C=O) groups excluding carboxylic acids is 1. The van der Waals surface area contributed by atoms with Crippen molar-refractivity contribution in [3.05, 3.63) is 33.8 Å². The molecular formula is C17H20Cl2N2O. The molecule has 2 fully saturated rings. The molecular weight excluding hydrogens is 319 g/mol. The van der Waals surface area contributed by atoms with Gasteiger partial charge in [-0.25, -0.2) is 5.43 Å². The van der Waals surface area contributed by atoms with Crippen LogP contribution in [0.15, 0.2) is 23.3 Å². The first kappa shape index (κ1) is 15.8. The van der Waals surface area contributed by atoms with Crippen molar-refractivity contribution in [3.8, 4) is 0 Å². The van der Waals surface area contributed by atoms with Crippen LogP contribution in [-0.2, 0) is 0 Å². The number of carbonyl (C=O) groups is 1. The van der Waals surface area contributed by atoms with Crippen molar-refractivity contribution in [1.29, 1.82) is 0 Å². The zero-order chi connectivity index (χ0) is 16.1. The van der Waals surface area contributed by atoms with Crippen LogP contribution in [0.25, 0.3) is 0 Å². The van der Waals surface area contributed by atoms with Crippen LogP contribution in [0, 0.1) is 16.7 Å². The molecule has 0 heterocycles. The minimum Gasteiger partial charge on any atom is -0.267 e. The topological polar surface area (TPSA) is 41.5 Å². The summed E-state index contributed by atoms with van der Waals surface area (Å²) < 4.78 is 0. The summed E-state index contributed by atoms with van der Waals surface area (Å²) in [5.74, 6) is 0.411. The molecule has 0 aromatic heterocycles. The molecule has 3 nitrogen and oxygen atoms in total. The van der Waals surface area contributed by atoms with Crippen LogP contribution in [0.3, 0.4) is 0 Å². The number of nitrogens with zero attached hydrogens (tertiary/aromatic N) is 1. The van der Waals surface area contributed by atoms with Crippen molar-refractivity contribution in [3.63, 3.8) is 0 Å². The molecule has 1 aromatic rings. The Bertz CT molecular complexity index is 669. The molecule has 118 valence electrons. The zero-order valence-corrected chi connectivity index (χ0v) is 14.6. The molecule has 0 unspecified atom stereocenters. The minimum absolute atomic E-state index is 0.0859. The van der Waals surface area contributed by atoms with E-state index in [0.717, 1.165) is 18.6 Å². The van der Waals surface area contributed by atoms with Gasteiger partial charge in [0.1, 0.15) is 0 Å². The van der Waals surface area contributed by atoms with Gasteiger partial charge in [0.15, 0.2) is 0 Å². The van der Waals surface area contributed by atoms with E-state index in [4.69, 9.17) is 23.2 Å². The summed E-state index contributed by atoms with van der Waals surface area (Å²) >= 11 is 11.8. The second-order valence-electron chi connectivity index (χ2n) is 7.12. The summed E-state index contributed by atoms with van der Waals surface area (Å²) in [6, 6.07) is 4.83. The van der Waals surface area contributed by atoms with Crippen LogP contribution in [-0.4, -0.2) is 11.6 Å². The predicted octanol–water partition coefficient (Wildman–Crippen LogP) is 4.93. The van der Waals surface area contributed by atoms with E-state index in [2.05, 4.69) is 31.3 Å². The number of nitrogens with one attached hydrogen (secondary N) is 1. The number of benzene rings is 1. The molecule has 3 rings (SSSR count). The molecule has 1 aromatic carbocycles. The first-order valence-corrected chi connectivity index (χ1v) is 8.34. The summed E-state index contributed by atoms with van der Waals surface area (Å²) in [7, 11) is 0. The number of rotatable bonds is 2. The number of amides is 1. The fourth-order valence-corrected chi connectivity index (χ4v) is 4.22. The Kier molecular flexibility index (Phi) is 3.77. The van der Waals surface area contributed by atoms with Gasteiger partial charge in [0.25, 0.3) is 5.91 Å². The third kappa shape index (κ3) is 2.26. The van der Waals surface area contributed by atoms with Crippen LogP contribution >= 0.6 is 23.2 Å². The molecule has 5 heteroatoms. The largest absolute Gasteiger partial charge is 0.271 e. The fraction of sp³-hybridized carbons (Fsp3) is 0.529. The third-order valence-electron chi connectivity index (χ3n) is 5.99. The fourth-order valence-electron chi connectivity index (χ4n) is 3.92. The Balaban J connectivity index is 1.78. The molecule has 0 saturated heterocycles. The van der Waals surface area contributed by atoms with Gasteiger partial charge in [-0.05, 0) is 48.8 Å². The molecule has 1 amide bonds. The lowest BCUT2D eigenvalue weighted by Crippen LogP contribution is -2.34. The maximum atomic E-state index is 12.2. The monoisotopic (exact) mass is 338 g/mol. The Hall–Kier alpha value is -1.06. The van der Waals surface area contributed by atoms with Crippen LogP contribution < -0.4 is 5.43 Å². The van der Waals surface area contributed by atoms with Gasteiger partial charge in [0, 0.05) is 16.7 Å². The lowest BCUT2D eigenvalue weighted by atomic mass is 9.70.